The highest BCUT2D eigenvalue weighted by atomic mass is 32.2. The van der Waals surface area contributed by atoms with Gasteiger partial charge < -0.3 is 29.5 Å². The van der Waals surface area contributed by atoms with Gasteiger partial charge in [-0.25, -0.2) is 13.1 Å². The molecule has 10 nitrogen and oxygen atoms in total. The Balaban J connectivity index is 1.55. The number of fused-ring (bicyclic) bond motifs is 1. The van der Waals surface area contributed by atoms with Crippen LogP contribution in [0.15, 0.2) is 53.4 Å². The van der Waals surface area contributed by atoms with Crippen molar-refractivity contribution in [2.75, 3.05) is 25.5 Å². The third-order valence-corrected chi connectivity index (χ3v) is 8.32. The average Bonchev–Trinajstić information content (AvgIpc) is 3.26. The third-order valence-electron chi connectivity index (χ3n) is 6.98. The van der Waals surface area contributed by atoms with E-state index >= 15 is 0 Å². The Morgan fingerprint density at radius 3 is 2.47 bits per heavy atom. The minimum Gasteiger partial charge on any atom is -0.390 e. The van der Waals surface area contributed by atoms with Gasteiger partial charge in [0.15, 0.2) is 11.2 Å². The zero-order valence-electron chi connectivity index (χ0n) is 21.6. The Morgan fingerprint density at radius 1 is 1.11 bits per heavy atom. The largest absolute Gasteiger partial charge is 0.390 e. The SMILES string of the molecule is C[C@H]1C(O)O[C@H](CNS(=O)(=O)/C(C#N)=C/c2ccc(-c3ccc4cc(N(C)C)ccc4c3)n2C)[C@@H](O)[C@@H]1O. The maximum Gasteiger partial charge on any atom is 0.250 e. The van der Waals surface area contributed by atoms with Crippen molar-refractivity contribution in [1.82, 2.24) is 9.29 Å². The summed E-state index contributed by atoms with van der Waals surface area (Å²) in [4.78, 5) is 1.51. The fourth-order valence-corrected chi connectivity index (χ4v) is 5.39. The molecule has 2 heterocycles. The van der Waals surface area contributed by atoms with Crippen LogP contribution in [0.2, 0.25) is 0 Å². The van der Waals surface area contributed by atoms with E-state index in [1.807, 2.05) is 43.3 Å². The Hall–Kier alpha value is -3.24. The molecular weight excluding hydrogens is 508 g/mol. The van der Waals surface area contributed by atoms with Crippen LogP contribution in [-0.4, -0.2) is 73.5 Å². The van der Waals surface area contributed by atoms with E-state index in [0.717, 1.165) is 27.7 Å². The predicted molar refractivity (Wildman–Crippen MR) is 145 cm³/mol. The first-order chi connectivity index (χ1) is 17.9. The zero-order chi connectivity index (χ0) is 27.8. The van der Waals surface area contributed by atoms with Crippen molar-refractivity contribution in [2.45, 2.75) is 31.5 Å². The second kappa shape index (κ2) is 10.9. The van der Waals surface area contributed by atoms with E-state index in [-0.39, 0.29) is 0 Å². The van der Waals surface area contributed by atoms with Gasteiger partial charge >= 0.3 is 0 Å². The molecule has 0 bridgehead atoms. The first kappa shape index (κ1) is 27.8. The highest BCUT2D eigenvalue weighted by molar-refractivity contribution is 7.93. The quantitative estimate of drug-likeness (QED) is 0.332. The Kier molecular flexibility index (Phi) is 7.94. The fraction of sp³-hybridized carbons (Fsp3) is 0.370. The zero-order valence-corrected chi connectivity index (χ0v) is 22.4. The van der Waals surface area contributed by atoms with Gasteiger partial charge in [-0.2, -0.15) is 5.26 Å². The van der Waals surface area contributed by atoms with E-state index in [1.54, 1.807) is 23.8 Å². The number of aromatic nitrogens is 1. The molecule has 5 atom stereocenters. The number of hydrogen-bond acceptors (Lipinski definition) is 8. The van der Waals surface area contributed by atoms with Crippen molar-refractivity contribution >= 4 is 32.6 Å². The van der Waals surface area contributed by atoms with Crippen LogP contribution in [0.4, 0.5) is 5.69 Å². The van der Waals surface area contributed by atoms with Crippen molar-refractivity contribution in [3.63, 3.8) is 0 Å². The smallest absolute Gasteiger partial charge is 0.250 e. The number of hydrogen-bond donors (Lipinski definition) is 4. The van der Waals surface area contributed by atoms with E-state index < -0.39 is 52.0 Å². The molecule has 1 aromatic heterocycles. The van der Waals surface area contributed by atoms with E-state index in [2.05, 4.69) is 22.9 Å². The number of aliphatic hydroxyl groups excluding tert-OH is 3. The molecule has 1 aliphatic rings. The van der Waals surface area contributed by atoms with Crippen LogP contribution in [-0.2, 0) is 21.8 Å². The molecule has 0 amide bonds. The van der Waals surface area contributed by atoms with Crippen molar-refractivity contribution < 1.29 is 28.5 Å². The van der Waals surface area contributed by atoms with E-state index in [0.29, 0.717) is 5.69 Å². The molecule has 1 saturated heterocycles. The first-order valence-electron chi connectivity index (χ1n) is 12.1. The lowest BCUT2D eigenvalue weighted by Crippen LogP contribution is -2.56. The van der Waals surface area contributed by atoms with Gasteiger partial charge in [-0.05, 0) is 52.7 Å². The molecule has 4 N–H and O–H groups in total. The predicted octanol–water partition coefficient (Wildman–Crippen LogP) is 1.77. The maximum atomic E-state index is 12.9. The fourth-order valence-electron chi connectivity index (χ4n) is 4.46. The molecule has 0 saturated carbocycles. The summed E-state index contributed by atoms with van der Waals surface area (Å²) in [6.07, 6.45) is -3.97. The lowest BCUT2D eigenvalue weighted by atomic mass is 9.92. The highest BCUT2D eigenvalue weighted by Crippen LogP contribution is 2.29. The second-order valence-corrected chi connectivity index (χ2v) is 11.5. The van der Waals surface area contributed by atoms with Gasteiger partial charge in [0, 0.05) is 50.7 Å². The summed E-state index contributed by atoms with van der Waals surface area (Å²) >= 11 is 0. The van der Waals surface area contributed by atoms with Crippen LogP contribution in [0.1, 0.15) is 12.6 Å². The number of benzene rings is 2. The minimum atomic E-state index is -4.28. The molecule has 3 aromatic rings. The summed E-state index contributed by atoms with van der Waals surface area (Å²) in [5, 5.41) is 41.9. The summed E-state index contributed by atoms with van der Waals surface area (Å²) in [5.74, 6) is -0.739. The minimum absolute atomic E-state index is 0.436. The standard InChI is InChI=1S/C27H32N4O6S/c1-16-25(32)26(33)24(37-27(16)34)15-29-38(35,36)22(14-28)13-21-9-10-23(31(21)4)19-6-5-18-12-20(30(2)3)8-7-17(18)11-19/h5-13,16,24-27,29,32-34H,15H2,1-4H3/b22-13+/t16-,24-,25-,26-,27?/m1/s1. The second-order valence-electron chi connectivity index (χ2n) is 9.72. The highest BCUT2D eigenvalue weighted by Gasteiger charge is 2.41. The molecule has 0 radical (unpaired) electrons. The lowest BCUT2D eigenvalue weighted by Gasteiger charge is -2.39. The number of ether oxygens (including phenoxy) is 1. The molecule has 1 unspecified atom stereocenters. The van der Waals surface area contributed by atoms with Gasteiger partial charge in [-0.15, -0.1) is 0 Å². The normalized spacial score (nSPS) is 24.4. The number of sulfonamides is 1. The van der Waals surface area contributed by atoms with Gasteiger partial charge in [0.05, 0.1) is 6.10 Å². The van der Waals surface area contributed by atoms with Crippen molar-refractivity contribution in [3.05, 3.63) is 59.1 Å². The molecule has 1 aliphatic heterocycles. The van der Waals surface area contributed by atoms with Crippen LogP contribution >= 0.6 is 0 Å². The maximum absolute atomic E-state index is 12.9. The van der Waals surface area contributed by atoms with Gasteiger partial charge in [-0.1, -0.05) is 25.1 Å². The summed E-state index contributed by atoms with van der Waals surface area (Å²) in [6.45, 7) is 1.07. The third kappa shape index (κ3) is 5.47. The average molecular weight is 541 g/mol. The number of nitriles is 1. The molecule has 38 heavy (non-hydrogen) atoms. The lowest BCUT2D eigenvalue weighted by molar-refractivity contribution is -0.257. The summed E-state index contributed by atoms with van der Waals surface area (Å²) in [6, 6.07) is 17.6. The van der Waals surface area contributed by atoms with Gasteiger partial charge in [0.25, 0.3) is 10.0 Å². The van der Waals surface area contributed by atoms with Crippen molar-refractivity contribution in [3.8, 4) is 17.3 Å². The number of aliphatic hydroxyl groups is 3. The Bertz CT molecular complexity index is 1510. The van der Waals surface area contributed by atoms with E-state index in [4.69, 9.17) is 4.74 Å². The molecule has 0 spiro atoms. The number of nitrogens with zero attached hydrogens (tertiary/aromatic N) is 3. The van der Waals surface area contributed by atoms with Crippen LogP contribution in [0.3, 0.4) is 0 Å². The van der Waals surface area contributed by atoms with Crippen LogP contribution in [0, 0.1) is 17.2 Å². The van der Waals surface area contributed by atoms with E-state index in [1.165, 1.54) is 13.0 Å². The number of anilines is 1. The summed E-state index contributed by atoms with van der Waals surface area (Å²) in [7, 11) is 1.48. The topological polar surface area (TPSA) is 148 Å². The molecular formula is C27H32N4O6S. The number of rotatable bonds is 7. The molecule has 1 fully saturated rings. The molecule has 2 aromatic carbocycles. The van der Waals surface area contributed by atoms with Crippen LogP contribution in [0.25, 0.3) is 28.1 Å². The number of nitrogens with one attached hydrogen (secondary N) is 1. The van der Waals surface area contributed by atoms with Crippen molar-refractivity contribution in [2.24, 2.45) is 13.0 Å². The molecule has 11 heteroatoms. The summed E-state index contributed by atoms with van der Waals surface area (Å²) < 4.78 is 35.0. The Morgan fingerprint density at radius 2 is 1.79 bits per heavy atom. The molecule has 4 rings (SSSR count). The van der Waals surface area contributed by atoms with E-state index in [9.17, 15) is 29.0 Å². The molecule has 202 valence electrons. The van der Waals surface area contributed by atoms with Gasteiger partial charge in [0.2, 0.25) is 0 Å². The van der Waals surface area contributed by atoms with Crippen LogP contribution in [0.5, 0.6) is 0 Å². The van der Waals surface area contributed by atoms with Crippen LogP contribution < -0.4 is 9.62 Å². The van der Waals surface area contributed by atoms with Gasteiger partial charge in [0.1, 0.15) is 18.3 Å². The first-order valence-corrected chi connectivity index (χ1v) is 13.6. The monoisotopic (exact) mass is 540 g/mol. The molecule has 0 aliphatic carbocycles. The van der Waals surface area contributed by atoms with Crippen molar-refractivity contribution in [1.29, 1.82) is 5.26 Å². The summed E-state index contributed by atoms with van der Waals surface area (Å²) in [5.41, 5.74) is 3.38. The Labute approximate surface area is 222 Å². The van der Waals surface area contributed by atoms with Gasteiger partial charge in [-0.3, -0.25) is 0 Å². The number of allylic oxidation sites excluding steroid dienone is 1.